The molecular weight excluding hydrogens is 612 g/mol. The molecule has 0 radical (unpaired) electrons. The number of rotatable bonds is 11. The van der Waals surface area contributed by atoms with Gasteiger partial charge in [0.2, 0.25) is 5.75 Å². The second kappa shape index (κ2) is 14.3. The van der Waals surface area contributed by atoms with Gasteiger partial charge in [-0.25, -0.2) is 9.59 Å². The molecule has 1 amide bonds. The van der Waals surface area contributed by atoms with Gasteiger partial charge in [0.15, 0.2) is 23.0 Å². The first kappa shape index (κ1) is 34.4. The Balaban J connectivity index is 2.11. The summed E-state index contributed by atoms with van der Waals surface area (Å²) in [7, 11) is 7.03. The molecule has 0 fully saturated rings. The molecule has 1 aromatic heterocycles. The Hall–Kier alpha value is -5.43. The van der Waals surface area contributed by atoms with Crippen LogP contribution < -0.4 is 34.6 Å². The number of carbonyl (C=O) groups is 2. The Morgan fingerprint density at radius 1 is 0.809 bits per heavy atom. The maximum absolute atomic E-state index is 14.4. The van der Waals surface area contributed by atoms with Crippen LogP contribution in [0, 0.1) is 0 Å². The highest BCUT2D eigenvalue weighted by atomic mass is 16.6. The van der Waals surface area contributed by atoms with E-state index < -0.39 is 23.2 Å². The maximum atomic E-state index is 14.4. The number of aromatic nitrogens is 1. The van der Waals surface area contributed by atoms with Crippen LogP contribution in [0.5, 0.6) is 28.7 Å². The molecule has 0 unspecified atom stereocenters. The number of hydrogen-bond donors (Lipinski definition) is 2. The van der Waals surface area contributed by atoms with Gasteiger partial charge in [-0.15, -0.1) is 0 Å². The van der Waals surface area contributed by atoms with E-state index in [9.17, 15) is 19.5 Å². The number of esters is 1. The third-order valence-electron chi connectivity index (χ3n) is 6.92. The van der Waals surface area contributed by atoms with Crippen LogP contribution in [0.4, 0.5) is 10.5 Å². The zero-order chi connectivity index (χ0) is 34.5. The molecule has 13 nitrogen and oxygen atoms in total. The lowest BCUT2D eigenvalue weighted by molar-refractivity contribution is 0.0589. The minimum atomic E-state index is -0.816. The summed E-state index contributed by atoms with van der Waals surface area (Å²) in [6.07, 6.45) is -0.655. The highest BCUT2D eigenvalue weighted by Crippen LogP contribution is 2.45. The predicted molar refractivity (Wildman–Crippen MR) is 175 cm³/mol. The predicted octanol–water partition coefficient (Wildman–Crippen LogP) is 5.20. The van der Waals surface area contributed by atoms with E-state index in [1.165, 1.54) is 46.2 Å². The Kier molecular flexibility index (Phi) is 10.5. The summed E-state index contributed by atoms with van der Waals surface area (Å²) >= 11 is 0. The lowest BCUT2D eigenvalue weighted by Gasteiger charge is -2.22. The van der Waals surface area contributed by atoms with Gasteiger partial charge in [-0.3, -0.25) is 14.7 Å². The molecular formula is C34H38N2O11. The van der Waals surface area contributed by atoms with Crippen molar-refractivity contribution in [3.05, 3.63) is 64.6 Å². The van der Waals surface area contributed by atoms with Crippen LogP contribution in [-0.2, 0) is 9.47 Å². The maximum Gasteiger partial charge on any atom is 0.412 e. The summed E-state index contributed by atoms with van der Waals surface area (Å²) in [5.74, 6) is 0.568. The van der Waals surface area contributed by atoms with Crippen molar-refractivity contribution < 1.29 is 47.9 Å². The zero-order valence-corrected chi connectivity index (χ0v) is 27.5. The highest BCUT2D eigenvalue weighted by molar-refractivity contribution is 6.08. The van der Waals surface area contributed by atoms with E-state index in [-0.39, 0.29) is 47.0 Å². The molecule has 1 heterocycles. The van der Waals surface area contributed by atoms with Crippen molar-refractivity contribution in [2.24, 2.45) is 0 Å². The van der Waals surface area contributed by atoms with Crippen molar-refractivity contribution in [3.63, 3.8) is 0 Å². The number of aliphatic hydroxyl groups is 1. The number of amides is 1. The SMILES string of the molecule is COC(=O)c1c(-c2cc(OC)c(OC)c(OC)c2)c2cc(OC)c(OCCO)cc2c(=O)n1-c1ccc(NC(=O)OC(C)(C)C)cc1. The number of aliphatic hydroxyl groups excluding tert-OH is 1. The van der Waals surface area contributed by atoms with Crippen molar-refractivity contribution >= 4 is 28.5 Å². The molecule has 3 aromatic carbocycles. The largest absolute Gasteiger partial charge is 0.493 e. The quantitative estimate of drug-likeness (QED) is 0.206. The van der Waals surface area contributed by atoms with Crippen LogP contribution in [0.15, 0.2) is 53.3 Å². The van der Waals surface area contributed by atoms with Gasteiger partial charge < -0.3 is 38.3 Å². The van der Waals surface area contributed by atoms with Gasteiger partial charge in [-0.05, 0) is 74.9 Å². The van der Waals surface area contributed by atoms with Gasteiger partial charge in [0.05, 0.1) is 47.5 Å². The van der Waals surface area contributed by atoms with Crippen molar-refractivity contribution in [1.29, 1.82) is 0 Å². The van der Waals surface area contributed by atoms with Crippen LogP contribution in [-0.4, -0.2) is 76.1 Å². The summed E-state index contributed by atoms with van der Waals surface area (Å²) in [4.78, 5) is 40.5. The summed E-state index contributed by atoms with van der Waals surface area (Å²) < 4.78 is 39.8. The number of fused-ring (bicyclic) bond motifs is 1. The van der Waals surface area contributed by atoms with Gasteiger partial charge in [0.1, 0.15) is 17.9 Å². The molecule has 4 aromatic rings. The minimum absolute atomic E-state index is 0.0534. The molecule has 13 heteroatoms. The van der Waals surface area contributed by atoms with Crippen LogP contribution in [0.3, 0.4) is 0 Å². The number of pyridine rings is 1. The Morgan fingerprint density at radius 3 is 1.91 bits per heavy atom. The molecule has 4 rings (SSSR count). The molecule has 2 N–H and O–H groups in total. The van der Waals surface area contributed by atoms with E-state index in [1.54, 1.807) is 63.2 Å². The third kappa shape index (κ3) is 7.20. The lowest BCUT2D eigenvalue weighted by atomic mass is 9.95. The molecule has 47 heavy (non-hydrogen) atoms. The Morgan fingerprint density at radius 2 is 1.40 bits per heavy atom. The summed E-state index contributed by atoms with van der Waals surface area (Å²) in [5, 5.41) is 12.5. The van der Waals surface area contributed by atoms with Crippen molar-refractivity contribution in [3.8, 4) is 45.6 Å². The molecule has 0 atom stereocenters. The van der Waals surface area contributed by atoms with Gasteiger partial charge >= 0.3 is 12.1 Å². The Labute approximate surface area is 271 Å². The van der Waals surface area contributed by atoms with Crippen LogP contribution in [0.1, 0.15) is 31.3 Å². The second-order valence-corrected chi connectivity index (χ2v) is 11.1. The van der Waals surface area contributed by atoms with E-state index in [0.29, 0.717) is 33.9 Å². The summed E-state index contributed by atoms with van der Waals surface area (Å²) in [6, 6.07) is 12.6. The fourth-order valence-electron chi connectivity index (χ4n) is 5.00. The van der Waals surface area contributed by atoms with Crippen LogP contribution >= 0.6 is 0 Å². The van der Waals surface area contributed by atoms with E-state index in [0.717, 1.165) is 0 Å². The standard InChI is InChI=1S/C34H38N2O11/c1-34(2,3)47-33(40)35-20-9-11-21(12-10-20)36-29(32(39)45-8)28(19-15-26(42-5)30(44-7)27(16-19)43-6)22-17-24(41-4)25(46-14-13-37)18-23(22)31(36)38/h9-12,15-18,37H,13-14H2,1-8H3,(H,35,40). The molecule has 0 aliphatic rings. The van der Waals surface area contributed by atoms with Gasteiger partial charge in [-0.2, -0.15) is 0 Å². The number of benzene rings is 3. The minimum Gasteiger partial charge on any atom is -0.493 e. The zero-order valence-electron chi connectivity index (χ0n) is 27.5. The molecule has 0 spiro atoms. The Bertz CT molecular complexity index is 1820. The topological polar surface area (TPSA) is 153 Å². The van der Waals surface area contributed by atoms with Crippen molar-refractivity contribution in [2.45, 2.75) is 26.4 Å². The van der Waals surface area contributed by atoms with Crippen LogP contribution in [0.2, 0.25) is 0 Å². The van der Waals surface area contributed by atoms with Crippen molar-refractivity contribution in [2.75, 3.05) is 54.1 Å². The van der Waals surface area contributed by atoms with Gasteiger partial charge in [-0.1, -0.05) is 0 Å². The highest BCUT2D eigenvalue weighted by Gasteiger charge is 2.28. The summed E-state index contributed by atoms with van der Waals surface area (Å²) in [6.45, 7) is 4.92. The number of nitrogens with one attached hydrogen (secondary N) is 1. The van der Waals surface area contributed by atoms with Crippen LogP contribution in [0.25, 0.3) is 27.6 Å². The number of anilines is 1. The fourth-order valence-corrected chi connectivity index (χ4v) is 5.00. The smallest absolute Gasteiger partial charge is 0.412 e. The number of methoxy groups -OCH3 is 5. The summed E-state index contributed by atoms with van der Waals surface area (Å²) in [5.41, 5.74) is -0.00962. The molecule has 0 aliphatic carbocycles. The first-order valence-electron chi connectivity index (χ1n) is 14.4. The van der Waals surface area contributed by atoms with Gasteiger partial charge in [0, 0.05) is 22.3 Å². The monoisotopic (exact) mass is 650 g/mol. The molecule has 0 saturated carbocycles. The first-order valence-corrected chi connectivity index (χ1v) is 14.4. The molecule has 0 saturated heterocycles. The van der Waals surface area contributed by atoms with Crippen molar-refractivity contribution in [1.82, 2.24) is 4.57 Å². The van der Waals surface area contributed by atoms with Gasteiger partial charge in [0.25, 0.3) is 5.56 Å². The van der Waals surface area contributed by atoms with E-state index in [4.69, 9.17) is 33.2 Å². The fraction of sp³-hybridized carbons (Fsp3) is 0.324. The average Bonchev–Trinajstić information content (AvgIpc) is 3.05. The van der Waals surface area contributed by atoms with E-state index >= 15 is 0 Å². The second-order valence-electron chi connectivity index (χ2n) is 11.1. The average molecular weight is 651 g/mol. The third-order valence-corrected chi connectivity index (χ3v) is 6.92. The normalized spacial score (nSPS) is 11.1. The van der Waals surface area contributed by atoms with E-state index in [1.807, 2.05) is 0 Å². The molecule has 0 bridgehead atoms. The molecule has 0 aliphatic heterocycles. The number of nitrogens with zero attached hydrogens (tertiary/aromatic N) is 1. The molecule has 250 valence electrons. The first-order chi connectivity index (χ1) is 22.4. The lowest BCUT2D eigenvalue weighted by Crippen LogP contribution is -2.27. The number of hydrogen-bond acceptors (Lipinski definition) is 11. The van der Waals surface area contributed by atoms with E-state index in [2.05, 4.69) is 5.32 Å². The number of ether oxygens (including phenoxy) is 7. The number of carbonyl (C=O) groups excluding carboxylic acids is 2.